The van der Waals surface area contributed by atoms with Crippen molar-refractivity contribution in [2.45, 2.75) is 51.3 Å². The van der Waals surface area contributed by atoms with Gasteiger partial charge in [0.1, 0.15) is 11.6 Å². The standard InChI is InChI=1S/C16H22ClN3O3/c1-16(2,3)23-15(21)20(12-8-9-12)13(14(18)19-22)10-4-6-11(17)7-5-10/h4-7,12-13,22H,8-9H2,1-3H3,(H2,18,19). The van der Waals surface area contributed by atoms with Gasteiger partial charge in [-0.25, -0.2) is 4.79 Å². The number of hydrogen-bond acceptors (Lipinski definition) is 4. The quantitative estimate of drug-likeness (QED) is 0.380. The monoisotopic (exact) mass is 339 g/mol. The van der Waals surface area contributed by atoms with Gasteiger partial charge < -0.3 is 15.7 Å². The third-order valence-corrected chi connectivity index (χ3v) is 3.66. The summed E-state index contributed by atoms with van der Waals surface area (Å²) in [5.41, 5.74) is 5.96. The zero-order valence-electron chi connectivity index (χ0n) is 13.5. The Kier molecular flexibility index (Phi) is 5.04. The van der Waals surface area contributed by atoms with Crippen molar-refractivity contribution in [3.63, 3.8) is 0 Å². The molecule has 0 heterocycles. The molecule has 0 aliphatic heterocycles. The number of halogens is 1. The first kappa shape index (κ1) is 17.4. The Morgan fingerprint density at radius 2 is 1.96 bits per heavy atom. The van der Waals surface area contributed by atoms with Crippen LogP contribution in [0.25, 0.3) is 0 Å². The number of oxime groups is 1. The smallest absolute Gasteiger partial charge is 0.411 e. The van der Waals surface area contributed by atoms with Crippen LogP contribution in [-0.2, 0) is 4.74 Å². The molecule has 1 atom stereocenters. The molecule has 1 aromatic carbocycles. The molecule has 6 nitrogen and oxygen atoms in total. The van der Waals surface area contributed by atoms with Gasteiger partial charge in [0, 0.05) is 11.1 Å². The fourth-order valence-corrected chi connectivity index (χ4v) is 2.43. The number of hydrogen-bond donors (Lipinski definition) is 2. The predicted molar refractivity (Wildman–Crippen MR) is 88.7 cm³/mol. The summed E-state index contributed by atoms with van der Waals surface area (Å²) in [7, 11) is 0. The van der Waals surface area contributed by atoms with Gasteiger partial charge in [-0.05, 0) is 51.3 Å². The molecule has 7 heteroatoms. The fraction of sp³-hybridized carbons (Fsp3) is 0.500. The van der Waals surface area contributed by atoms with E-state index in [0.29, 0.717) is 10.6 Å². The lowest BCUT2D eigenvalue weighted by molar-refractivity contribution is 0.0190. The lowest BCUT2D eigenvalue weighted by atomic mass is 10.0. The number of nitrogens with two attached hydrogens (primary N) is 1. The minimum absolute atomic E-state index is 0.0193. The van der Waals surface area contributed by atoms with E-state index in [9.17, 15) is 4.79 Å². The number of carbonyl (C=O) groups is 1. The Balaban J connectivity index is 2.38. The lowest BCUT2D eigenvalue weighted by Crippen LogP contribution is -2.45. The molecule has 0 radical (unpaired) electrons. The van der Waals surface area contributed by atoms with E-state index >= 15 is 0 Å². The number of benzene rings is 1. The first-order chi connectivity index (χ1) is 10.7. The van der Waals surface area contributed by atoms with E-state index < -0.39 is 17.7 Å². The Morgan fingerprint density at radius 1 is 1.39 bits per heavy atom. The van der Waals surface area contributed by atoms with Crippen LogP contribution in [0.2, 0.25) is 5.02 Å². The largest absolute Gasteiger partial charge is 0.444 e. The van der Waals surface area contributed by atoms with E-state index in [4.69, 9.17) is 27.3 Å². The molecule has 23 heavy (non-hydrogen) atoms. The van der Waals surface area contributed by atoms with Gasteiger partial charge in [0.25, 0.3) is 0 Å². The summed E-state index contributed by atoms with van der Waals surface area (Å²) >= 11 is 5.92. The number of carbonyl (C=O) groups excluding carboxylic acids is 1. The summed E-state index contributed by atoms with van der Waals surface area (Å²) in [6, 6.07) is 6.24. The molecule has 1 aliphatic carbocycles. The first-order valence-corrected chi connectivity index (χ1v) is 7.85. The van der Waals surface area contributed by atoms with Crippen LogP contribution in [0.4, 0.5) is 4.79 Å². The fourth-order valence-electron chi connectivity index (χ4n) is 2.31. The van der Waals surface area contributed by atoms with Crippen molar-refractivity contribution >= 4 is 23.5 Å². The molecular weight excluding hydrogens is 318 g/mol. The van der Waals surface area contributed by atoms with Gasteiger partial charge in [0.05, 0.1) is 0 Å². The van der Waals surface area contributed by atoms with Gasteiger partial charge in [0.15, 0.2) is 5.84 Å². The van der Waals surface area contributed by atoms with Crippen LogP contribution in [0, 0.1) is 0 Å². The molecule has 1 unspecified atom stereocenters. The van der Waals surface area contributed by atoms with Crippen molar-refractivity contribution in [3.05, 3.63) is 34.9 Å². The van der Waals surface area contributed by atoms with Gasteiger partial charge in [-0.15, -0.1) is 0 Å². The van der Waals surface area contributed by atoms with Gasteiger partial charge in [0.2, 0.25) is 0 Å². The van der Waals surface area contributed by atoms with Crippen LogP contribution in [-0.4, -0.2) is 33.7 Å². The van der Waals surface area contributed by atoms with Crippen molar-refractivity contribution in [2.75, 3.05) is 0 Å². The second-order valence-corrected chi connectivity index (χ2v) is 7.03. The molecule has 1 aromatic rings. The summed E-state index contributed by atoms with van der Waals surface area (Å²) in [6.45, 7) is 5.41. The average molecular weight is 340 g/mol. The van der Waals surface area contributed by atoms with E-state index in [1.165, 1.54) is 0 Å². The second kappa shape index (κ2) is 6.66. The molecular formula is C16H22ClN3O3. The molecule has 2 rings (SSSR count). The van der Waals surface area contributed by atoms with E-state index in [2.05, 4.69) is 5.16 Å². The molecule has 0 bridgehead atoms. The molecule has 1 aliphatic rings. The highest BCUT2D eigenvalue weighted by Gasteiger charge is 2.42. The Bertz CT molecular complexity index is 592. The van der Waals surface area contributed by atoms with Gasteiger partial charge in [-0.2, -0.15) is 0 Å². The van der Waals surface area contributed by atoms with Crippen LogP contribution >= 0.6 is 11.6 Å². The van der Waals surface area contributed by atoms with E-state index in [1.54, 1.807) is 49.9 Å². The van der Waals surface area contributed by atoms with E-state index in [1.807, 2.05) is 0 Å². The van der Waals surface area contributed by atoms with Gasteiger partial charge in [-0.1, -0.05) is 28.9 Å². The maximum atomic E-state index is 12.6. The molecule has 3 N–H and O–H groups in total. The predicted octanol–water partition coefficient (Wildman–Crippen LogP) is 3.53. The first-order valence-electron chi connectivity index (χ1n) is 7.47. The SMILES string of the molecule is CC(C)(C)OC(=O)N(C1CC1)C(/C(N)=N/O)c1ccc(Cl)cc1. The third-order valence-electron chi connectivity index (χ3n) is 3.40. The van der Waals surface area contributed by atoms with Crippen molar-refractivity contribution in [1.29, 1.82) is 0 Å². The summed E-state index contributed by atoms with van der Waals surface area (Å²) < 4.78 is 5.49. The molecule has 1 amide bonds. The Hall–Kier alpha value is -1.95. The van der Waals surface area contributed by atoms with Crippen molar-refractivity contribution in [2.24, 2.45) is 10.9 Å². The van der Waals surface area contributed by atoms with Gasteiger partial charge in [-0.3, -0.25) is 4.90 Å². The summed E-state index contributed by atoms with van der Waals surface area (Å²) in [5, 5.41) is 12.8. The average Bonchev–Trinajstić information content (AvgIpc) is 3.27. The molecule has 0 saturated heterocycles. The molecule has 0 spiro atoms. The lowest BCUT2D eigenvalue weighted by Gasteiger charge is -2.33. The summed E-state index contributed by atoms with van der Waals surface area (Å²) in [4.78, 5) is 14.2. The minimum Gasteiger partial charge on any atom is -0.444 e. The van der Waals surface area contributed by atoms with E-state index in [0.717, 1.165) is 12.8 Å². The van der Waals surface area contributed by atoms with E-state index in [-0.39, 0.29) is 11.9 Å². The van der Waals surface area contributed by atoms with Crippen molar-refractivity contribution < 1.29 is 14.7 Å². The number of amidine groups is 1. The van der Waals surface area contributed by atoms with Crippen LogP contribution in [0.5, 0.6) is 0 Å². The zero-order chi connectivity index (χ0) is 17.2. The Labute approximate surface area is 140 Å². The highest BCUT2D eigenvalue weighted by Crippen LogP contribution is 2.36. The van der Waals surface area contributed by atoms with Crippen molar-refractivity contribution in [1.82, 2.24) is 4.90 Å². The Morgan fingerprint density at radius 3 is 2.39 bits per heavy atom. The van der Waals surface area contributed by atoms with Gasteiger partial charge >= 0.3 is 6.09 Å². The van der Waals surface area contributed by atoms with Crippen LogP contribution in [0.3, 0.4) is 0 Å². The highest BCUT2D eigenvalue weighted by molar-refractivity contribution is 6.30. The number of nitrogens with zero attached hydrogens (tertiary/aromatic N) is 2. The topological polar surface area (TPSA) is 88.2 Å². The molecule has 0 aromatic heterocycles. The maximum Gasteiger partial charge on any atom is 0.411 e. The van der Waals surface area contributed by atoms with Crippen LogP contribution in [0.15, 0.2) is 29.4 Å². The number of rotatable bonds is 4. The normalized spacial score (nSPS) is 16.8. The number of ether oxygens (including phenoxy) is 1. The summed E-state index contributed by atoms with van der Waals surface area (Å²) in [5.74, 6) is -0.0647. The number of amides is 1. The molecule has 1 saturated carbocycles. The van der Waals surface area contributed by atoms with Crippen molar-refractivity contribution in [3.8, 4) is 0 Å². The zero-order valence-corrected chi connectivity index (χ0v) is 14.2. The third kappa shape index (κ3) is 4.51. The molecule has 1 fully saturated rings. The molecule has 126 valence electrons. The minimum atomic E-state index is -0.695. The van der Waals surface area contributed by atoms with Crippen LogP contribution < -0.4 is 5.73 Å². The van der Waals surface area contributed by atoms with Crippen LogP contribution in [0.1, 0.15) is 45.2 Å². The summed E-state index contributed by atoms with van der Waals surface area (Å²) in [6.07, 6.45) is 1.25. The second-order valence-electron chi connectivity index (χ2n) is 6.60. The maximum absolute atomic E-state index is 12.6. The highest BCUT2D eigenvalue weighted by atomic mass is 35.5.